The van der Waals surface area contributed by atoms with Crippen molar-refractivity contribution in [2.24, 2.45) is 5.41 Å². The lowest BCUT2D eigenvalue weighted by Crippen LogP contribution is -2.29. The minimum atomic E-state index is -1.02. The molecule has 0 spiro atoms. The van der Waals surface area contributed by atoms with Crippen molar-refractivity contribution in [1.82, 2.24) is 19.7 Å². The first kappa shape index (κ1) is 19.3. The molecule has 0 aliphatic heterocycles. The van der Waals surface area contributed by atoms with E-state index in [1.165, 1.54) is 6.33 Å². The minimum absolute atomic E-state index is 0.157. The van der Waals surface area contributed by atoms with Gasteiger partial charge >= 0.3 is 5.97 Å². The summed E-state index contributed by atoms with van der Waals surface area (Å²) in [5.74, 6) is 0.285. The van der Waals surface area contributed by atoms with Gasteiger partial charge in [0.2, 0.25) is 0 Å². The van der Waals surface area contributed by atoms with Crippen LogP contribution in [0.15, 0.2) is 42.7 Å². The van der Waals surface area contributed by atoms with E-state index < -0.39 is 11.4 Å². The second-order valence-electron chi connectivity index (χ2n) is 8.69. The molecule has 0 atom stereocenters. The SMILES string of the molecule is CC(C)(Cn1nc(-c2ccc3cc(OC4CC4)ccc3c2)c2c(N)ncnc21)C(=O)O. The van der Waals surface area contributed by atoms with Crippen molar-refractivity contribution in [1.29, 1.82) is 0 Å². The summed E-state index contributed by atoms with van der Waals surface area (Å²) in [4.78, 5) is 20.1. The van der Waals surface area contributed by atoms with Crippen LogP contribution in [0, 0.1) is 5.41 Å². The maximum atomic E-state index is 11.6. The second kappa shape index (κ2) is 6.94. The smallest absolute Gasteiger partial charge is 0.310 e. The summed E-state index contributed by atoms with van der Waals surface area (Å²) in [6.07, 6.45) is 3.96. The van der Waals surface area contributed by atoms with Gasteiger partial charge in [-0.25, -0.2) is 14.6 Å². The maximum absolute atomic E-state index is 11.6. The van der Waals surface area contributed by atoms with Gasteiger partial charge in [0.25, 0.3) is 0 Å². The third-order valence-corrected chi connectivity index (χ3v) is 5.59. The molecule has 1 aliphatic rings. The van der Waals surface area contributed by atoms with Gasteiger partial charge in [-0.15, -0.1) is 0 Å². The van der Waals surface area contributed by atoms with Crippen molar-refractivity contribution in [2.45, 2.75) is 39.3 Å². The molecule has 3 N–H and O–H groups in total. The van der Waals surface area contributed by atoms with Crippen LogP contribution in [0.1, 0.15) is 26.7 Å². The van der Waals surface area contributed by atoms with Crippen LogP contribution in [0.5, 0.6) is 5.75 Å². The van der Waals surface area contributed by atoms with Crippen molar-refractivity contribution in [3.8, 4) is 17.0 Å². The van der Waals surface area contributed by atoms with Gasteiger partial charge in [0.1, 0.15) is 23.6 Å². The zero-order valence-electron chi connectivity index (χ0n) is 17.4. The average molecular weight is 417 g/mol. The number of hydrogen-bond donors (Lipinski definition) is 2. The Morgan fingerprint density at radius 3 is 2.68 bits per heavy atom. The van der Waals surface area contributed by atoms with Gasteiger partial charge in [-0.2, -0.15) is 5.10 Å². The van der Waals surface area contributed by atoms with E-state index in [2.05, 4.69) is 9.97 Å². The number of rotatable bonds is 6. The molecule has 5 rings (SSSR count). The van der Waals surface area contributed by atoms with Gasteiger partial charge in [-0.1, -0.05) is 18.2 Å². The lowest BCUT2D eigenvalue weighted by Gasteiger charge is -2.18. The molecule has 2 heterocycles. The van der Waals surface area contributed by atoms with E-state index in [1.807, 2.05) is 36.4 Å². The Kier molecular flexibility index (Phi) is 4.32. The molecule has 2 aromatic carbocycles. The van der Waals surface area contributed by atoms with Crippen LogP contribution in [0.25, 0.3) is 33.1 Å². The van der Waals surface area contributed by atoms with E-state index in [-0.39, 0.29) is 6.54 Å². The number of benzene rings is 2. The topological polar surface area (TPSA) is 116 Å². The van der Waals surface area contributed by atoms with E-state index in [0.29, 0.717) is 28.6 Å². The highest BCUT2D eigenvalue weighted by Gasteiger charge is 2.30. The van der Waals surface area contributed by atoms with Crippen LogP contribution in [0.4, 0.5) is 5.82 Å². The van der Waals surface area contributed by atoms with E-state index >= 15 is 0 Å². The van der Waals surface area contributed by atoms with Crippen LogP contribution in [0.3, 0.4) is 0 Å². The molecule has 158 valence electrons. The second-order valence-corrected chi connectivity index (χ2v) is 8.69. The molecule has 1 fully saturated rings. The highest BCUT2D eigenvalue weighted by molar-refractivity contribution is 6.00. The number of nitrogens with zero attached hydrogens (tertiary/aromatic N) is 4. The van der Waals surface area contributed by atoms with Crippen molar-refractivity contribution >= 4 is 33.6 Å². The fourth-order valence-electron chi connectivity index (χ4n) is 3.61. The molecule has 0 radical (unpaired) electrons. The highest BCUT2D eigenvalue weighted by atomic mass is 16.5. The number of carboxylic acids is 1. The predicted octanol–water partition coefficient (Wildman–Crippen LogP) is 3.88. The number of anilines is 1. The first-order valence-electron chi connectivity index (χ1n) is 10.2. The number of hydrogen-bond acceptors (Lipinski definition) is 6. The third kappa shape index (κ3) is 3.54. The number of fused-ring (bicyclic) bond motifs is 2. The van der Waals surface area contributed by atoms with Crippen molar-refractivity contribution < 1.29 is 14.6 Å². The molecule has 1 aliphatic carbocycles. The molecule has 4 aromatic rings. The summed E-state index contributed by atoms with van der Waals surface area (Å²) in [6.45, 7) is 3.47. The van der Waals surface area contributed by atoms with Gasteiger partial charge in [-0.3, -0.25) is 4.79 Å². The van der Waals surface area contributed by atoms with E-state index in [9.17, 15) is 9.90 Å². The fraction of sp³-hybridized carbons (Fsp3) is 0.304. The first-order chi connectivity index (χ1) is 14.8. The Hall–Kier alpha value is -3.68. The Morgan fingerprint density at radius 2 is 1.94 bits per heavy atom. The summed E-state index contributed by atoms with van der Waals surface area (Å²) in [6, 6.07) is 12.1. The predicted molar refractivity (Wildman–Crippen MR) is 118 cm³/mol. The summed E-state index contributed by atoms with van der Waals surface area (Å²) in [5, 5.41) is 17.0. The molecule has 2 aromatic heterocycles. The molecule has 0 bridgehead atoms. The lowest BCUT2D eigenvalue weighted by atomic mass is 9.94. The van der Waals surface area contributed by atoms with Crippen LogP contribution >= 0.6 is 0 Å². The summed E-state index contributed by atoms with van der Waals surface area (Å²) in [7, 11) is 0. The Morgan fingerprint density at radius 1 is 1.19 bits per heavy atom. The molecule has 0 amide bonds. The number of nitrogens with two attached hydrogens (primary N) is 1. The first-order valence-corrected chi connectivity index (χ1v) is 10.2. The normalized spacial score (nSPS) is 14.3. The van der Waals surface area contributed by atoms with Crippen LogP contribution in [0.2, 0.25) is 0 Å². The van der Waals surface area contributed by atoms with Crippen molar-refractivity contribution in [3.05, 3.63) is 42.7 Å². The Bertz CT molecular complexity index is 1320. The summed E-state index contributed by atoms with van der Waals surface area (Å²) >= 11 is 0. The number of aliphatic carboxylic acids is 1. The van der Waals surface area contributed by atoms with E-state index in [0.717, 1.165) is 34.9 Å². The molecule has 0 unspecified atom stereocenters. The van der Waals surface area contributed by atoms with E-state index in [4.69, 9.17) is 15.6 Å². The van der Waals surface area contributed by atoms with Crippen LogP contribution in [-0.4, -0.2) is 36.9 Å². The molecular formula is C23H23N5O3. The van der Waals surface area contributed by atoms with Gasteiger partial charge in [0, 0.05) is 5.56 Å². The number of nitrogen functional groups attached to an aromatic ring is 1. The fourth-order valence-corrected chi connectivity index (χ4v) is 3.61. The summed E-state index contributed by atoms with van der Waals surface area (Å²) < 4.78 is 7.50. The highest BCUT2D eigenvalue weighted by Crippen LogP contribution is 2.34. The zero-order valence-corrected chi connectivity index (χ0v) is 17.4. The monoisotopic (exact) mass is 417 g/mol. The van der Waals surface area contributed by atoms with Crippen LogP contribution < -0.4 is 10.5 Å². The molecule has 8 heteroatoms. The average Bonchev–Trinajstić information content (AvgIpc) is 3.47. The number of carbonyl (C=O) groups is 1. The van der Waals surface area contributed by atoms with Crippen LogP contribution in [-0.2, 0) is 11.3 Å². The minimum Gasteiger partial charge on any atom is -0.490 e. The zero-order chi connectivity index (χ0) is 21.8. The van der Waals surface area contributed by atoms with Gasteiger partial charge in [-0.05, 0) is 55.7 Å². The van der Waals surface area contributed by atoms with Gasteiger partial charge < -0.3 is 15.6 Å². The largest absolute Gasteiger partial charge is 0.490 e. The van der Waals surface area contributed by atoms with Crippen molar-refractivity contribution in [3.63, 3.8) is 0 Å². The number of ether oxygens (including phenoxy) is 1. The maximum Gasteiger partial charge on any atom is 0.310 e. The quantitative estimate of drug-likeness (QED) is 0.489. The number of aromatic nitrogens is 4. The lowest BCUT2D eigenvalue weighted by molar-refractivity contribution is -0.147. The van der Waals surface area contributed by atoms with Crippen molar-refractivity contribution in [2.75, 3.05) is 5.73 Å². The number of carboxylic acid groups (broad SMARTS) is 1. The van der Waals surface area contributed by atoms with Gasteiger partial charge in [0.15, 0.2) is 5.65 Å². The standard InChI is InChI=1S/C23H23N5O3/c1-23(2,22(29)30)11-28-21-18(20(24)25-12-26-21)19(27-28)15-4-3-14-10-17(31-16-7-8-16)6-5-13(14)9-15/h3-6,9-10,12,16H,7-8,11H2,1-2H3,(H,29,30)(H2,24,25,26). The third-order valence-electron chi connectivity index (χ3n) is 5.59. The molecular weight excluding hydrogens is 394 g/mol. The Labute approximate surface area is 178 Å². The molecule has 8 nitrogen and oxygen atoms in total. The Balaban J connectivity index is 1.60. The molecule has 0 saturated heterocycles. The summed E-state index contributed by atoms with van der Waals surface area (Å²) in [5.41, 5.74) is 7.18. The van der Waals surface area contributed by atoms with Gasteiger partial charge in [0.05, 0.1) is 23.4 Å². The van der Waals surface area contributed by atoms with E-state index in [1.54, 1.807) is 18.5 Å². The molecule has 1 saturated carbocycles. The molecule has 31 heavy (non-hydrogen) atoms.